The van der Waals surface area contributed by atoms with E-state index in [-0.39, 0.29) is 11.9 Å². The van der Waals surface area contributed by atoms with Crippen LogP contribution in [0.3, 0.4) is 0 Å². The lowest BCUT2D eigenvalue weighted by Crippen LogP contribution is -2.45. The van der Waals surface area contributed by atoms with Crippen LogP contribution in [-0.4, -0.2) is 58.6 Å². The highest BCUT2D eigenvalue weighted by molar-refractivity contribution is 5.82. The minimum atomic E-state index is 0.211. The summed E-state index contributed by atoms with van der Waals surface area (Å²) in [5, 5.41) is 0. The molecule has 0 radical (unpaired) electrons. The van der Waals surface area contributed by atoms with Crippen LogP contribution in [0.5, 0.6) is 0 Å². The van der Waals surface area contributed by atoms with Crippen LogP contribution in [0.1, 0.15) is 44.0 Å². The van der Waals surface area contributed by atoms with Gasteiger partial charge in [0.15, 0.2) is 0 Å². The zero-order valence-electron chi connectivity index (χ0n) is 19.1. The van der Waals surface area contributed by atoms with E-state index in [1.807, 2.05) is 6.92 Å². The van der Waals surface area contributed by atoms with E-state index in [4.69, 9.17) is 4.74 Å². The van der Waals surface area contributed by atoms with Gasteiger partial charge in [0, 0.05) is 25.6 Å². The smallest absolute Gasteiger partial charge is 0.320 e. The Morgan fingerprint density at radius 3 is 2.75 bits per heavy atom. The summed E-state index contributed by atoms with van der Waals surface area (Å²) in [6.45, 7) is 8.01. The second-order valence-electron chi connectivity index (χ2n) is 10.1. The number of benzene rings is 1. The fraction of sp³-hybridized carbons (Fsp3) is 0.538. The molecule has 6 heteroatoms. The lowest BCUT2D eigenvalue weighted by molar-refractivity contribution is 0.151. The number of carbonyl (C=O) groups excluding carboxylic acids is 1. The Hall–Kier alpha value is -2.76. The largest absolute Gasteiger partial charge is 0.495 e. The van der Waals surface area contributed by atoms with Gasteiger partial charge in [-0.1, -0.05) is 18.6 Å². The number of hydrogen-bond acceptors (Lipinski definition) is 3. The van der Waals surface area contributed by atoms with Crippen LogP contribution in [0.4, 0.5) is 4.79 Å². The summed E-state index contributed by atoms with van der Waals surface area (Å²) < 4.78 is 6.20. The van der Waals surface area contributed by atoms with Crippen molar-refractivity contribution in [1.29, 1.82) is 0 Å². The number of aryl methyl sites for hydroxylation is 1. The molecule has 2 aliphatic carbocycles. The summed E-state index contributed by atoms with van der Waals surface area (Å²) in [5.41, 5.74) is 5.78. The minimum Gasteiger partial charge on any atom is -0.495 e. The van der Waals surface area contributed by atoms with Crippen LogP contribution < -0.4 is 0 Å². The van der Waals surface area contributed by atoms with Crippen LogP contribution in [0.15, 0.2) is 35.6 Å². The first-order chi connectivity index (χ1) is 15.5. The number of H-pyrrole nitrogens is 1. The third kappa shape index (κ3) is 3.40. The molecule has 32 heavy (non-hydrogen) atoms. The zero-order chi connectivity index (χ0) is 21.8. The predicted molar refractivity (Wildman–Crippen MR) is 125 cm³/mol. The van der Waals surface area contributed by atoms with Gasteiger partial charge in [-0.2, -0.15) is 0 Å². The van der Waals surface area contributed by atoms with Crippen molar-refractivity contribution < 1.29 is 9.53 Å². The van der Waals surface area contributed by atoms with Crippen LogP contribution in [0.2, 0.25) is 0 Å². The van der Waals surface area contributed by atoms with E-state index >= 15 is 0 Å². The van der Waals surface area contributed by atoms with Crippen molar-refractivity contribution >= 4 is 22.6 Å². The number of imidazole rings is 1. The monoisotopic (exact) mass is 432 g/mol. The van der Waals surface area contributed by atoms with Crippen LogP contribution >= 0.6 is 0 Å². The highest BCUT2D eigenvalue weighted by Crippen LogP contribution is 2.40. The van der Waals surface area contributed by atoms with Gasteiger partial charge in [0.05, 0.1) is 17.6 Å². The number of fused-ring (bicyclic) bond motifs is 3. The molecule has 3 unspecified atom stereocenters. The third-order valence-corrected chi connectivity index (χ3v) is 7.91. The van der Waals surface area contributed by atoms with E-state index in [2.05, 4.69) is 51.0 Å². The maximum absolute atomic E-state index is 13.4. The number of carbonyl (C=O) groups is 1. The van der Waals surface area contributed by atoms with Gasteiger partial charge in [-0.15, -0.1) is 0 Å². The molecule has 2 saturated heterocycles. The van der Waals surface area contributed by atoms with E-state index in [0.29, 0.717) is 13.2 Å². The summed E-state index contributed by atoms with van der Waals surface area (Å²) >= 11 is 0. The van der Waals surface area contributed by atoms with Crippen LogP contribution in [-0.2, 0) is 4.74 Å². The van der Waals surface area contributed by atoms with Gasteiger partial charge in [0.2, 0.25) is 0 Å². The van der Waals surface area contributed by atoms with Crippen molar-refractivity contribution in [2.45, 2.75) is 39.5 Å². The van der Waals surface area contributed by atoms with Crippen molar-refractivity contribution in [2.24, 2.45) is 17.8 Å². The van der Waals surface area contributed by atoms with Gasteiger partial charge in [0.25, 0.3) is 0 Å². The summed E-state index contributed by atoms with van der Waals surface area (Å²) in [5.74, 6) is 3.67. The Balaban J connectivity index is 1.22. The number of nitrogens with one attached hydrogen (secondary N) is 1. The van der Waals surface area contributed by atoms with Crippen molar-refractivity contribution in [3.05, 3.63) is 47.0 Å². The molecule has 2 aliphatic heterocycles. The molecule has 0 spiro atoms. The molecule has 1 N–H and O–H groups in total. The topological polar surface area (TPSA) is 61.5 Å². The molecule has 6 rings (SSSR count). The Kier molecular flexibility index (Phi) is 4.77. The quantitative estimate of drug-likeness (QED) is 0.708. The van der Waals surface area contributed by atoms with E-state index in [1.165, 1.54) is 36.0 Å². The average Bonchev–Trinajstić information content (AvgIpc) is 3.42. The Morgan fingerprint density at radius 1 is 1.12 bits per heavy atom. The van der Waals surface area contributed by atoms with Crippen molar-refractivity contribution in [1.82, 2.24) is 19.8 Å². The van der Waals surface area contributed by atoms with Gasteiger partial charge in [-0.25, -0.2) is 9.78 Å². The normalized spacial score (nSPS) is 27.8. The van der Waals surface area contributed by atoms with Gasteiger partial charge in [0.1, 0.15) is 18.2 Å². The van der Waals surface area contributed by atoms with E-state index in [9.17, 15) is 4.79 Å². The highest BCUT2D eigenvalue weighted by atomic mass is 16.5. The summed E-state index contributed by atoms with van der Waals surface area (Å²) in [4.78, 5) is 25.4. The molecule has 1 saturated carbocycles. The average molecular weight is 433 g/mol. The second kappa shape index (κ2) is 7.68. The van der Waals surface area contributed by atoms with Gasteiger partial charge in [-0.3, -0.25) is 0 Å². The number of ether oxygens (including phenoxy) is 1. The number of aromatic nitrogens is 2. The second-order valence-corrected chi connectivity index (χ2v) is 10.1. The standard InChI is InChI=1S/C26H32N4O2/c1-16-10-21(18-6-7-23-24(12-18)28-17(2)27-23)11-22-15-29(8-9-32-25(16)22)26(31)30-13-19-4-3-5-20(19)14-30/h6-7,10,12,19-20,22H,3-5,8-9,11,13-15H2,1-2H3,(H,27,28). The fourth-order valence-electron chi connectivity index (χ4n) is 6.38. The molecule has 3 atom stereocenters. The first-order valence-electron chi connectivity index (χ1n) is 12.1. The number of allylic oxidation sites excluding steroid dienone is 3. The van der Waals surface area contributed by atoms with E-state index in [0.717, 1.165) is 60.5 Å². The number of likely N-dealkylation sites (tertiary alicyclic amines) is 1. The van der Waals surface area contributed by atoms with E-state index in [1.54, 1.807) is 0 Å². The molecule has 1 aromatic heterocycles. The molecule has 3 fully saturated rings. The van der Waals surface area contributed by atoms with Gasteiger partial charge >= 0.3 is 6.03 Å². The Morgan fingerprint density at radius 2 is 1.94 bits per heavy atom. The third-order valence-electron chi connectivity index (χ3n) is 7.91. The molecule has 6 nitrogen and oxygen atoms in total. The van der Waals surface area contributed by atoms with Crippen molar-refractivity contribution in [2.75, 3.05) is 32.8 Å². The van der Waals surface area contributed by atoms with E-state index < -0.39 is 0 Å². The number of aromatic amines is 1. The first-order valence-corrected chi connectivity index (χ1v) is 12.1. The molecule has 1 aromatic carbocycles. The maximum Gasteiger partial charge on any atom is 0.320 e. The van der Waals surface area contributed by atoms with Crippen LogP contribution in [0, 0.1) is 24.7 Å². The summed E-state index contributed by atoms with van der Waals surface area (Å²) in [7, 11) is 0. The van der Waals surface area contributed by atoms with Gasteiger partial charge < -0.3 is 19.5 Å². The first kappa shape index (κ1) is 19.9. The maximum atomic E-state index is 13.4. The molecular weight excluding hydrogens is 400 g/mol. The molecule has 2 aromatic rings. The zero-order valence-corrected chi connectivity index (χ0v) is 19.1. The SMILES string of the molecule is CC1=C2OCCN(C(=O)N3CC4CCCC4C3)CC2CC(c2ccc3nc(C)[nH]c3c2)=C1. The fourth-order valence-corrected chi connectivity index (χ4v) is 6.38. The minimum absolute atomic E-state index is 0.211. The number of rotatable bonds is 1. The molecule has 2 amide bonds. The summed E-state index contributed by atoms with van der Waals surface area (Å²) in [6, 6.07) is 6.67. The highest BCUT2D eigenvalue weighted by Gasteiger charge is 2.40. The van der Waals surface area contributed by atoms with Crippen molar-refractivity contribution in [3.8, 4) is 0 Å². The number of hydrogen-bond donors (Lipinski definition) is 1. The lowest BCUT2D eigenvalue weighted by atomic mass is 9.85. The molecular formula is C26H32N4O2. The number of nitrogens with zero attached hydrogens (tertiary/aromatic N) is 3. The van der Waals surface area contributed by atoms with Gasteiger partial charge in [-0.05, 0) is 73.8 Å². The Bertz CT molecular complexity index is 1120. The lowest BCUT2D eigenvalue weighted by Gasteiger charge is -2.30. The molecule has 4 aliphatic rings. The molecule has 168 valence electrons. The Labute approximate surface area is 189 Å². The summed E-state index contributed by atoms with van der Waals surface area (Å²) in [6.07, 6.45) is 7.07. The molecule has 0 bridgehead atoms. The number of amides is 2. The molecule has 3 heterocycles. The van der Waals surface area contributed by atoms with Crippen LogP contribution in [0.25, 0.3) is 16.6 Å². The van der Waals surface area contributed by atoms with Crippen molar-refractivity contribution in [3.63, 3.8) is 0 Å². The predicted octanol–water partition coefficient (Wildman–Crippen LogP) is 4.73. The number of urea groups is 1.